The number of H-pyrrole nitrogens is 2. The molecule has 1 aliphatic heterocycles. The first-order valence-corrected chi connectivity index (χ1v) is 6.40. The monoisotopic (exact) mass is 260 g/mol. The van der Waals surface area contributed by atoms with Crippen molar-refractivity contribution in [2.45, 2.75) is 6.42 Å². The fraction of sp³-hybridized carbons (Fsp3) is 0.417. The molecule has 0 aliphatic carbocycles. The molecular formula is C12H16N6O. The molecule has 0 saturated carbocycles. The molecule has 7 heteroatoms. The van der Waals surface area contributed by atoms with Crippen LogP contribution in [0.25, 0.3) is 11.4 Å². The quantitative estimate of drug-likeness (QED) is 0.705. The molecule has 0 radical (unpaired) electrons. The zero-order valence-corrected chi connectivity index (χ0v) is 10.5. The summed E-state index contributed by atoms with van der Waals surface area (Å²) in [6, 6.07) is 1.48. The SMILES string of the molecule is O=c1cc[nH]cc1-c1nc(N2CCCNCC2)n[nH]1. The lowest BCUT2D eigenvalue weighted by atomic mass is 10.3. The third-order valence-corrected chi connectivity index (χ3v) is 3.18. The van der Waals surface area contributed by atoms with E-state index in [9.17, 15) is 4.79 Å². The van der Waals surface area contributed by atoms with Crippen LogP contribution in [-0.2, 0) is 0 Å². The Balaban J connectivity index is 1.87. The van der Waals surface area contributed by atoms with Crippen LogP contribution in [0.2, 0.25) is 0 Å². The van der Waals surface area contributed by atoms with Gasteiger partial charge in [-0.15, -0.1) is 5.10 Å². The Morgan fingerprint density at radius 2 is 2.21 bits per heavy atom. The Labute approximate surface area is 110 Å². The smallest absolute Gasteiger partial charge is 0.245 e. The number of aromatic amines is 2. The number of hydrogen-bond acceptors (Lipinski definition) is 5. The van der Waals surface area contributed by atoms with Crippen molar-refractivity contribution in [1.29, 1.82) is 0 Å². The summed E-state index contributed by atoms with van der Waals surface area (Å²) < 4.78 is 0. The molecule has 3 heterocycles. The second kappa shape index (κ2) is 5.23. The molecule has 0 bridgehead atoms. The van der Waals surface area contributed by atoms with Crippen molar-refractivity contribution >= 4 is 5.95 Å². The van der Waals surface area contributed by atoms with Crippen LogP contribution >= 0.6 is 0 Å². The standard InChI is InChI=1S/C12H16N6O/c19-10-2-4-14-8-9(10)11-15-12(17-16-11)18-6-1-3-13-5-7-18/h2,4,8,13H,1,3,5-7H2,(H,14,19)(H,15,16,17). The van der Waals surface area contributed by atoms with Crippen molar-refractivity contribution in [3.8, 4) is 11.4 Å². The summed E-state index contributed by atoms with van der Waals surface area (Å²) in [7, 11) is 0. The van der Waals surface area contributed by atoms with Crippen molar-refractivity contribution in [3.05, 3.63) is 28.7 Å². The minimum absolute atomic E-state index is 0.0704. The van der Waals surface area contributed by atoms with Gasteiger partial charge >= 0.3 is 0 Å². The Morgan fingerprint density at radius 3 is 3.11 bits per heavy atom. The zero-order valence-electron chi connectivity index (χ0n) is 10.5. The maximum Gasteiger partial charge on any atom is 0.245 e. The van der Waals surface area contributed by atoms with E-state index in [1.165, 1.54) is 6.07 Å². The van der Waals surface area contributed by atoms with Crippen LogP contribution in [0, 0.1) is 0 Å². The Morgan fingerprint density at radius 1 is 1.26 bits per heavy atom. The third-order valence-electron chi connectivity index (χ3n) is 3.18. The molecule has 1 saturated heterocycles. The van der Waals surface area contributed by atoms with Gasteiger partial charge in [-0.2, -0.15) is 4.98 Å². The van der Waals surface area contributed by atoms with Crippen LogP contribution in [-0.4, -0.2) is 46.3 Å². The van der Waals surface area contributed by atoms with Gasteiger partial charge in [0.25, 0.3) is 0 Å². The van der Waals surface area contributed by atoms with E-state index < -0.39 is 0 Å². The molecule has 0 amide bonds. The first-order valence-electron chi connectivity index (χ1n) is 6.40. The highest BCUT2D eigenvalue weighted by atomic mass is 16.1. The minimum Gasteiger partial charge on any atom is -0.367 e. The van der Waals surface area contributed by atoms with Gasteiger partial charge < -0.3 is 15.2 Å². The third kappa shape index (κ3) is 2.50. The number of rotatable bonds is 2. The number of nitrogens with zero attached hydrogens (tertiary/aromatic N) is 3. The van der Waals surface area contributed by atoms with Gasteiger partial charge in [-0.05, 0) is 13.0 Å². The van der Waals surface area contributed by atoms with Gasteiger partial charge in [-0.3, -0.25) is 9.89 Å². The normalized spacial score (nSPS) is 16.3. The van der Waals surface area contributed by atoms with Crippen LogP contribution in [0.3, 0.4) is 0 Å². The molecule has 2 aromatic heterocycles. The molecule has 0 unspecified atom stereocenters. The summed E-state index contributed by atoms with van der Waals surface area (Å²) in [6.07, 6.45) is 4.30. The average molecular weight is 260 g/mol. The summed E-state index contributed by atoms with van der Waals surface area (Å²) in [6.45, 7) is 3.75. The van der Waals surface area contributed by atoms with E-state index in [2.05, 4.69) is 30.4 Å². The molecule has 3 rings (SSSR count). The summed E-state index contributed by atoms with van der Waals surface area (Å²) in [5, 5.41) is 10.4. The van der Waals surface area contributed by atoms with Gasteiger partial charge in [-0.1, -0.05) is 0 Å². The lowest BCUT2D eigenvalue weighted by molar-refractivity contribution is 0.724. The van der Waals surface area contributed by atoms with Crippen molar-refractivity contribution in [3.63, 3.8) is 0 Å². The first-order chi connectivity index (χ1) is 9.34. The van der Waals surface area contributed by atoms with E-state index in [1.54, 1.807) is 12.4 Å². The van der Waals surface area contributed by atoms with Crippen molar-refractivity contribution in [2.24, 2.45) is 0 Å². The van der Waals surface area contributed by atoms with Gasteiger partial charge in [0, 0.05) is 38.1 Å². The van der Waals surface area contributed by atoms with Gasteiger partial charge in [0.05, 0.1) is 5.56 Å². The lowest BCUT2D eigenvalue weighted by Crippen LogP contribution is -2.28. The largest absolute Gasteiger partial charge is 0.367 e. The summed E-state index contributed by atoms with van der Waals surface area (Å²) in [4.78, 5) is 21.2. The van der Waals surface area contributed by atoms with E-state index in [0.29, 0.717) is 17.3 Å². The van der Waals surface area contributed by atoms with Crippen LogP contribution in [0.1, 0.15) is 6.42 Å². The fourth-order valence-corrected chi connectivity index (χ4v) is 2.16. The minimum atomic E-state index is -0.0704. The molecule has 19 heavy (non-hydrogen) atoms. The van der Waals surface area contributed by atoms with Crippen LogP contribution < -0.4 is 15.6 Å². The van der Waals surface area contributed by atoms with E-state index in [0.717, 1.165) is 32.6 Å². The Hall–Kier alpha value is -2.15. The highest BCUT2D eigenvalue weighted by molar-refractivity contribution is 5.54. The van der Waals surface area contributed by atoms with Crippen LogP contribution in [0.4, 0.5) is 5.95 Å². The number of pyridine rings is 1. The van der Waals surface area contributed by atoms with E-state index in [4.69, 9.17) is 0 Å². The van der Waals surface area contributed by atoms with Gasteiger partial charge in [-0.25, -0.2) is 0 Å². The zero-order chi connectivity index (χ0) is 13.1. The molecule has 3 N–H and O–H groups in total. The molecule has 7 nitrogen and oxygen atoms in total. The molecule has 1 fully saturated rings. The maximum atomic E-state index is 11.7. The summed E-state index contributed by atoms with van der Waals surface area (Å²) in [5.74, 6) is 1.16. The number of aromatic nitrogens is 4. The number of hydrogen-bond donors (Lipinski definition) is 3. The Bertz CT molecular complexity index is 596. The fourth-order valence-electron chi connectivity index (χ4n) is 2.16. The van der Waals surface area contributed by atoms with Crippen molar-refractivity contribution < 1.29 is 0 Å². The molecule has 0 aromatic carbocycles. The molecule has 100 valence electrons. The van der Waals surface area contributed by atoms with Gasteiger partial charge in [0.15, 0.2) is 11.3 Å². The van der Waals surface area contributed by atoms with Crippen molar-refractivity contribution in [2.75, 3.05) is 31.1 Å². The highest BCUT2D eigenvalue weighted by Crippen LogP contribution is 2.14. The maximum absolute atomic E-state index is 11.7. The average Bonchev–Trinajstić information content (AvgIpc) is 2.75. The molecule has 2 aromatic rings. The second-order valence-electron chi connectivity index (χ2n) is 4.50. The van der Waals surface area contributed by atoms with Crippen molar-refractivity contribution in [1.82, 2.24) is 25.5 Å². The Kier molecular flexibility index (Phi) is 3.28. The molecule has 0 spiro atoms. The van der Waals surface area contributed by atoms with E-state index >= 15 is 0 Å². The van der Waals surface area contributed by atoms with Gasteiger partial charge in [0.1, 0.15) is 0 Å². The first kappa shape index (κ1) is 11.9. The van der Waals surface area contributed by atoms with Gasteiger partial charge in [0.2, 0.25) is 5.95 Å². The molecular weight excluding hydrogens is 244 g/mol. The lowest BCUT2D eigenvalue weighted by Gasteiger charge is -2.16. The molecule has 1 aliphatic rings. The second-order valence-corrected chi connectivity index (χ2v) is 4.50. The van der Waals surface area contributed by atoms with E-state index in [-0.39, 0.29) is 5.43 Å². The summed E-state index contributed by atoms with van der Waals surface area (Å²) >= 11 is 0. The predicted octanol–water partition coefficient (Wildman–Crippen LogP) is -0.0403. The summed E-state index contributed by atoms with van der Waals surface area (Å²) in [5.41, 5.74) is 0.438. The number of anilines is 1. The van der Waals surface area contributed by atoms with E-state index in [1.807, 2.05) is 0 Å². The topological polar surface area (TPSA) is 89.7 Å². The molecule has 0 atom stereocenters. The van der Waals surface area contributed by atoms with Crippen LogP contribution in [0.15, 0.2) is 23.3 Å². The highest BCUT2D eigenvalue weighted by Gasteiger charge is 2.15. The predicted molar refractivity (Wildman–Crippen MR) is 72.1 cm³/mol. The number of nitrogens with one attached hydrogen (secondary N) is 3. The van der Waals surface area contributed by atoms with Crippen LogP contribution in [0.5, 0.6) is 0 Å².